The van der Waals surface area contributed by atoms with Gasteiger partial charge in [-0.05, 0) is 35.9 Å². The first-order valence-electron chi connectivity index (χ1n) is 8.49. The summed E-state index contributed by atoms with van der Waals surface area (Å²) in [6, 6.07) is 16.8. The zero-order valence-corrected chi connectivity index (χ0v) is 14.8. The maximum Gasteiger partial charge on any atom is 0.276 e. The summed E-state index contributed by atoms with van der Waals surface area (Å²) in [6.07, 6.45) is 1.57. The number of hydrogen-bond donors (Lipinski definition) is 1. The number of carbonyl (C=O) groups excluding carboxylic acids is 1. The van der Waals surface area contributed by atoms with Crippen molar-refractivity contribution in [2.45, 2.75) is 6.54 Å². The van der Waals surface area contributed by atoms with Gasteiger partial charge in [0.2, 0.25) is 12.7 Å². The Balaban J connectivity index is 1.45. The second kappa shape index (κ2) is 7.33. The van der Waals surface area contributed by atoms with Gasteiger partial charge in [0.25, 0.3) is 5.91 Å². The average Bonchev–Trinajstić information content (AvgIpc) is 3.20. The largest absolute Gasteiger partial charge is 0.454 e. The van der Waals surface area contributed by atoms with Gasteiger partial charge in [0.05, 0.1) is 0 Å². The van der Waals surface area contributed by atoms with Gasteiger partial charge in [-0.25, -0.2) is 9.97 Å². The number of fused-ring (bicyclic) bond motifs is 1. The van der Waals surface area contributed by atoms with E-state index in [4.69, 9.17) is 9.47 Å². The minimum absolute atomic E-state index is 0.199. The lowest BCUT2D eigenvalue weighted by molar-refractivity contribution is 0.0988. The van der Waals surface area contributed by atoms with Crippen LogP contribution >= 0.6 is 0 Å². The third-order valence-corrected chi connectivity index (χ3v) is 4.21. The molecule has 0 saturated heterocycles. The quantitative estimate of drug-likeness (QED) is 0.752. The van der Waals surface area contributed by atoms with Gasteiger partial charge in [-0.1, -0.05) is 24.3 Å². The van der Waals surface area contributed by atoms with E-state index in [-0.39, 0.29) is 12.7 Å². The van der Waals surface area contributed by atoms with Crippen LogP contribution in [0.25, 0.3) is 0 Å². The van der Waals surface area contributed by atoms with Crippen LogP contribution in [0.1, 0.15) is 16.1 Å². The van der Waals surface area contributed by atoms with Crippen LogP contribution in [0.5, 0.6) is 11.5 Å². The fraction of sp³-hybridized carbons (Fsp3) is 0.150. The Labute approximate surface area is 156 Å². The van der Waals surface area contributed by atoms with Crippen molar-refractivity contribution < 1.29 is 14.3 Å². The Bertz CT molecular complexity index is 962. The van der Waals surface area contributed by atoms with Crippen LogP contribution in [0.4, 0.5) is 11.6 Å². The molecule has 0 bridgehead atoms. The summed E-state index contributed by atoms with van der Waals surface area (Å²) in [5.74, 6) is 1.66. The number of hydrogen-bond acceptors (Lipinski definition) is 6. The molecule has 7 nitrogen and oxygen atoms in total. The molecular weight excluding hydrogens is 344 g/mol. The number of ether oxygens (including phenoxy) is 2. The number of anilines is 2. The number of para-hydroxylation sites is 1. The Morgan fingerprint density at radius 1 is 1.11 bits per heavy atom. The third kappa shape index (κ3) is 3.67. The number of nitrogens with zero attached hydrogens (tertiary/aromatic N) is 3. The van der Waals surface area contributed by atoms with Crippen LogP contribution in [0, 0.1) is 0 Å². The molecule has 0 fully saturated rings. The van der Waals surface area contributed by atoms with Crippen LogP contribution < -0.4 is 19.7 Å². The Kier molecular flexibility index (Phi) is 4.57. The monoisotopic (exact) mass is 362 g/mol. The van der Waals surface area contributed by atoms with Crippen molar-refractivity contribution in [3.05, 3.63) is 72.1 Å². The standard InChI is InChI=1S/C20H18N4O3/c1-24(15-5-3-2-4-6-15)19(25)16-9-10-21-20(23-16)22-12-14-7-8-17-18(11-14)27-13-26-17/h2-11H,12-13H2,1H3,(H,21,22,23). The molecule has 0 saturated carbocycles. The number of nitrogens with one attached hydrogen (secondary N) is 1. The van der Waals surface area contributed by atoms with Gasteiger partial charge in [-0.2, -0.15) is 0 Å². The average molecular weight is 362 g/mol. The van der Waals surface area contributed by atoms with E-state index < -0.39 is 0 Å². The molecule has 1 amide bonds. The molecular formula is C20H18N4O3. The summed E-state index contributed by atoms with van der Waals surface area (Å²) in [6.45, 7) is 0.747. The highest BCUT2D eigenvalue weighted by atomic mass is 16.7. The first kappa shape index (κ1) is 16.8. The number of aromatic nitrogens is 2. The molecule has 0 unspecified atom stereocenters. The molecule has 1 N–H and O–H groups in total. The van der Waals surface area contributed by atoms with Crippen molar-refractivity contribution in [3.63, 3.8) is 0 Å². The highest BCUT2D eigenvalue weighted by Gasteiger charge is 2.16. The van der Waals surface area contributed by atoms with Crippen LogP contribution in [0.15, 0.2) is 60.8 Å². The molecule has 7 heteroatoms. The molecule has 0 atom stereocenters. The van der Waals surface area contributed by atoms with Gasteiger partial charge < -0.3 is 19.7 Å². The molecule has 0 aliphatic carbocycles. The number of rotatable bonds is 5. The van der Waals surface area contributed by atoms with E-state index in [1.165, 1.54) is 0 Å². The first-order chi connectivity index (χ1) is 13.2. The van der Waals surface area contributed by atoms with Crippen molar-refractivity contribution in [2.75, 3.05) is 24.1 Å². The second-order valence-electron chi connectivity index (χ2n) is 6.01. The highest BCUT2D eigenvalue weighted by molar-refractivity contribution is 6.04. The summed E-state index contributed by atoms with van der Waals surface area (Å²) in [4.78, 5) is 22.8. The van der Waals surface area contributed by atoms with Crippen molar-refractivity contribution in [1.82, 2.24) is 9.97 Å². The van der Waals surface area contributed by atoms with Crippen molar-refractivity contribution in [3.8, 4) is 11.5 Å². The Morgan fingerprint density at radius 2 is 1.93 bits per heavy atom. The molecule has 1 aromatic heterocycles. The second-order valence-corrected chi connectivity index (χ2v) is 6.01. The summed E-state index contributed by atoms with van der Waals surface area (Å²) >= 11 is 0. The molecule has 3 aromatic rings. The number of carbonyl (C=O) groups is 1. The molecule has 4 rings (SSSR count). The van der Waals surface area contributed by atoms with E-state index in [0.717, 1.165) is 22.7 Å². The molecule has 2 heterocycles. The van der Waals surface area contributed by atoms with E-state index in [0.29, 0.717) is 18.2 Å². The molecule has 0 spiro atoms. The van der Waals surface area contributed by atoms with Gasteiger partial charge in [0.1, 0.15) is 5.69 Å². The fourth-order valence-electron chi connectivity index (χ4n) is 2.74. The molecule has 2 aromatic carbocycles. The van der Waals surface area contributed by atoms with E-state index in [9.17, 15) is 4.79 Å². The first-order valence-corrected chi connectivity index (χ1v) is 8.49. The lowest BCUT2D eigenvalue weighted by atomic mass is 10.2. The lowest BCUT2D eigenvalue weighted by Gasteiger charge is -2.17. The van der Waals surface area contributed by atoms with Crippen LogP contribution in [0.2, 0.25) is 0 Å². The fourth-order valence-corrected chi connectivity index (χ4v) is 2.74. The van der Waals surface area contributed by atoms with Crippen LogP contribution in [0.3, 0.4) is 0 Å². The van der Waals surface area contributed by atoms with Crippen LogP contribution in [-0.2, 0) is 6.54 Å². The molecule has 0 radical (unpaired) electrons. The molecule has 1 aliphatic rings. The predicted molar refractivity (Wildman–Crippen MR) is 101 cm³/mol. The van der Waals surface area contributed by atoms with Crippen molar-refractivity contribution >= 4 is 17.5 Å². The minimum atomic E-state index is -0.199. The Hall–Kier alpha value is -3.61. The molecule has 1 aliphatic heterocycles. The molecule has 136 valence electrons. The topological polar surface area (TPSA) is 76.6 Å². The normalized spacial score (nSPS) is 11.9. The predicted octanol–water partition coefficient (Wildman–Crippen LogP) is 3.09. The summed E-state index contributed by atoms with van der Waals surface area (Å²) in [7, 11) is 1.72. The summed E-state index contributed by atoms with van der Waals surface area (Å²) in [5.41, 5.74) is 2.13. The third-order valence-electron chi connectivity index (χ3n) is 4.21. The van der Waals surface area contributed by atoms with E-state index in [2.05, 4.69) is 15.3 Å². The highest BCUT2D eigenvalue weighted by Crippen LogP contribution is 2.32. The van der Waals surface area contributed by atoms with E-state index in [1.54, 1.807) is 24.2 Å². The minimum Gasteiger partial charge on any atom is -0.454 e. The smallest absolute Gasteiger partial charge is 0.276 e. The number of benzene rings is 2. The van der Waals surface area contributed by atoms with Crippen molar-refractivity contribution in [2.24, 2.45) is 0 Å². The Morgan fingerprint density at radius 3 is 2.78 bits per heavy atom. The van der Waals surface area contributed by atoms with E-state index in [1.807, 2.05) is 48.5 Å². The van der Waals surface area contributed by atoms with Gasteiger partial charge in [0, 0.05) is 25.5 Å². The van der Waals surface area contributed by atoms with Gasteiger partial charge in [-0.15, -0.1) is 0 Å². The van der Waals surface area contributed by atoms with Gasteiger partial charge in [0.15, 0.2) is 11.5 Å². The zero-order chi connectivity index (χ0) is 18.6. The van der Waals surface area contributed by atoms with Gasteiger partial charge in [-0.3, -0.25) is 4.79 Å². The SMILES string of the molecule is CN(C(=O)c1ccnc(NCc2ccc3c(c2)OCO3)n1)c1ccccc1. The maximum absolute atomic E-state index is 12.7. The number of amides is 1. The van der Waals surface area contributed by atoms with Gasteiger partial charge >= 0.3 is 0 Å². The van der Waals surface area contributed by atoms with Crippen LogP contribution in [-0.4, -0.2) is 29.7 Å². The summed E-state index contributed by atoms with van der Waals surface area (Å²) < 4.78 is 10.7. The molecule has 27 heavy (non-hydrogen) atoms. The summed E-state index contributed by atoms with van der Waals surface area (Å²) in [5, 5.41) is 3.14. The zero-order valence-electron chi connectivity index (χ0n) is 14.8. The van der Waals surface area contributed by atoms with E-state index >= 15 is 0 Å². The lowest BCUT2D eigenvalue weighted by Crippen LogP contribution is -2.27. The maximum atomic E-state index is 12.7. The van der Waals surface area contributed by atoms with Crippen molar-refractivity contribution in [1.29, 1.82) is 0 Å².